The van der Waals surface area contributed by atoms with Gasteiger partial charge in [-0.3, -0.25) is 0 Å². The molecule has 4 rings (SSSR count). The molecule has 0 spiro atoms. The monoisotopic (exact) mass is 274 g/mol. The van der Waals surface area contributed by atoms with E-state index in [0.717, 1.165) is 24.0 Å². The third kappa shape index (κ3) is 1.57. The molecule has 1 aromatic carbocycles. The van der Waals surface area contributed by atoms with E-state index in [0.29, 0.717) is 36.2 Å². The molecule has 2 atom stereocenters. The van der Waals surface area contributed by atoms with E-state index in [1.54, 1.807) is 6.92 Å². The number of fused-ring (bicyclic) bond motifs is 4. The standard InChI is InChI=1S/C14H15BO5/c1-2-18-14(16)11-12-7(3-4-19-12)5-9-8-6-10(8)15(17)20-13(9)11/h5,8,10,17H,2-4,6H2,1H3. The number of hydrogen-bond donors (Lipinski definition) is 1. The van der Waals surface area contributed by atoms with Crippen LogP contribution in [0.25, 0.3) is 0 Å². The average Bonchev–Trinajstić information content (AvgIpc) is 3.10. The van der Waals surface area contributed by atoms with Crippen molar-refractivity contribution in [2.75, 3.05) is 13.2 Å². The Labute approximate surface area is 117 Å². The lowest BCUT2D eigenvalue weighted by Gasteiger charge is -2.23. The van der Waals surface area contributed by atoms with Gasteiger partial charge in [0.15, 0.2) is 0 Å². The quantitative estimate of drug-likeness (QED) is 0.654. The summed E-state index contributed by atoms with van der Waals surface area (Å²) in [7, 11) is -0.833. The number of rotatable bonds is 2. The number of esters is 1. The topological polar surface area (TPSA) is 65.0 Å². The third-order valence-electron chi connectivity index (χ3n) is 4.28. The summed E-state index contributed by atoms with van der Waals surface area (Å²) in [5.41, 5.74) is 2.41. The Bertz CT molecular complexity index is 600. The lowest BCUT2D eigenvalue weighted by atomic mass is 9.76. The van der Waals surface area contributed by atoms with E-state index < -0.39 is 13.1 Å². The van der Waals surface area contributed by atoms with E-state index >= 15 is 0 Å². The summed E-state index contributed by atoms with van der Waals surface area (Å²) in [6.07, 6.45) is 1.71. The first-order valence-electron chi connectivity index (χ1n) is 7.05. The second-order valence-electron chi connectivity index (χ2n) is 5.49. The third-order valence-corrected chi connectivity index (χ3v) is 4.28. The fourth-order valence-corrected chi connectivity index (χ4v) is 3.23. The molecule has 3 aliphatic rings. The van der Waals surface area contributed by atoms with Crippen LogP contribution in [0.2, 0.25) is 5.82 Å². The van der Waals surface area contributed by atoms with Gasteiger partial charge >= 0.3 is 13.1 Å². The Kier molecular flexibility index (Phi) is 2.51. The zero-order valence-corrected chi connectivity index (χ0v) is 11.2. The fraction of sp³-hybridized carbons (Fsp3) is 0.500. The van der Waals surface area contributed by atoms with Gasteiger partial charge in [0.2, 0.25) is 0 Å². The van der Waals surface area contributed by atoms with E-state index in [1.165, 1.54) is 0 Å². The molecule has 2 heterocycles. The lowest BCUT2D eigenvalue weighted by Crippen LogP contribution is -2.28. The molecule has 0 aromatic heterocycles. The van der Waals surface area contributed by atoms with Gasteiger partial charge in [-0.2, -0.15) is 0 Å². The molecule has 1 N–H and O–H groups in total. The zero-order chi connectivity index (χ0) is 13.9. The van der Waals surface area contributed by atoms with Gasteiger partial charge in [-0.05, 0) is 36.5 Å². The van der Waals surface area contributed by atoms with Crippen molar-refractivity contribution in [3.63, 3.8) is 0 Å². The summed E-state index contributed by atoms with van der Waals surface area (Å²) < 4.78 is 16.3. The molecule has 0 saturated heterocycles. The van der Waals surface area contributed by atoms with Crippen molar-refractivity contribution in [3.05, 3.63) is 22.8 Å². The molecule has 1 saturated carbocycles. The van der Waals surface area contributed by atoms with E-state index in [1.807, 2.05) is 0 Å². The highest BCUT2D eigenvalue weighted by molar-refractivity contribution is 6.48. The van der Waals surface area contributed by atoms with Crippen LogP contribution < -0.4 is 9.39 Å². The lowest BCUT2D eigenvalue weighted by molar-refractivity contribution is 0.0520. The Balaban J connectivity index is 1.89. The number of carbonyl (C=O) groups excluding carboxylic acids is 1. The minimum Gasteiger partial charge on any atom is -0.535 e. The molecular formula is C14H15BO5. The van der Waals surface area contributed by atoms with Gasteiger partial charge in [-0.25, -0.2) is 4.79 Å². The summed E-state index contributed by atoms with van der Waals surface area (Å²) in [5, 5.41) is 9.94. The van der Waals surface area contributed by atoms with Gasteiger partial charge < -0.3 is 19.2 Å². The molecule has 104 valence electrons. The van der Waals surface area contributed by atoms with Crippen LogP contribution in [0.1, 0.15) is 40.7 Å². The van der Waals surface area contributed by atoms with Crippen molar-refractivity contribution < 1.29 is 23.9 Å². The average molecular weight is 274 g/mol. The van der Waals surface area contributed by atoms with Crippen molar-refractivity contribution in [2.45, 2.75) is 31.5 Å². The van der Waals surface area contributed by atoms with Crippen LogP contribution >= 0.6 is 0 Å². The van der Waals surface area contributed by atoms with Gasteiger partial charge in [0.1, 0.15) is 17.1 Å². The van der Waals surface area contributed by atoms with Crippen molar-refractivity contribution in [1.29, 1.82) is 0 Å². The zero-order valence-electron chi connectivity index (χ0n) is 11.2. The Morgan fingerprint density at radius 1 is 1.55 bits per heavy atom. The number of hydrogen-bond acceptors (Lipinski definition) is 5. The van der Waals surface area contributed by atoms with Gasteiger partial charge in [-0.15, -0.1) is 0 Å². The van der Waals surface area contributed by atoms with Crippen molar-refractivity contribution in [1.82, 2.24) is 0 Å². The first-order valence-corrected chi connectivity index (χ1v) is 7.05. The highest BCUT2D eigenvalue weighted by atomic mass is 16.5. The predicted octanol–water partition coefficient (Wildman–Crippen LogP) is 1.53. The number of benzene rings is 1. The van der Waals surface area contributed by atoms with E-state index in [4.69, 9.17) is 14.1 Å². The van der Waals surface area contributed by atoms with Crippen LogP contribution in [0.4, 0.5) is 0 Å². The predicted molar refractivity (Wildman–Crippen MR) is 71.3 cm³/mol. The second kappa shape index (κ2) is 4.15. The first-order chi connectivity index (χ1) is 9.70. The van der Waals surface area contributed by atoms with Gasteiger partial charge in [0.05, 0.1) is 13.2 Å². The molecule has 2 unspecified atom stereocenters. The van der Waals surface area contributed by atoms with Crippen LogP contribution in [0.3, 0.4) is 0 Å². The van der Waals surface area contributed by atoms with Crippen molar-refractivity contribution in [2.24, 2.45) is 0 Å². The van der Waals surface area contributed by atoms with Crippen LogP contribution in [0, 0.1) is 0 Å². The fourth-order valence-electron chi connectivity index (χ4n) is 3.23. The normalized spacial score (nSPS) is 25.0. The van der Waals surface area contributed by atoms with Crippen LogP contribution in [0.5, 0.6) is 11.5 Å². The van der Waals surface area contributed by atoms with Gasteiger partial charge in [0.25, 0.3) is 0 Å². The maximum atomic E-state index is 12.2. The smallest absolute Gasteiger partial charge is 0.526 e. The summed E-state index contributed by atoms with van der Waals surface area (Å²) >= 11 is 0. The molecule has 0 bridgehead atoms. The Morgan fingerprint density at radius 3 is 3.20 bits per heavy atom. The SMILES string of the molecule is CCOC(=O)c1c2c(cc3c1OB(O)C1CC31)CCO2. The Hall–Kier alpha value is -1.69. The van der Waals surface area contributed by atoms with Crippen molar-refractivity contribution in [3.8, 4) is 11.5 Å². The van der Waals surface area contributed by atoms with E-state index in [9.17, 15) is 9.82 Å². The van der Waals surface area contributed by atoms with Gasteiger partial charge in [-0.1, -0.05) is 0 Å². The molecule has 1 aromatic rings. The molecule has 0 amide bonds. The maximum Gasteiger partial charge on any atom is 0.526 e. The summed E-state index contributed by atoms with van der Waals surface area (Å²) in [6.45, 7) is 2.63. The van der Waals surface area contributed by atoms with Crippen LogP contribution in [-0.2, 0) is 11.2 Å². The summed E-state index contributed by atoms with van der Waals surface area (Å²) in [5.74, 6) is 1.04. The molecule has 20 heavy (non-hydrogen) atoms. The van der Waals surface area contributed by atoms with E-state index in [-0.39, 0.29) is 5.82 Å². The largest absolute Gasteiger partial charge is 0.535 e. The van der Waals surface area contributed by atoms with Crippen LogP contribution in [0.15, 0.2) is 6.07 Å². The molecule has 5 nitrogen and oxygen atoms in total. The van der Waals surface area contributed by atoms with Gasteiger partial charge in [0, 0.05) is 12.2 Å². The molecule has 1 fully saturated rings. The maximum absolute atomic E-state index is 12.2. The molecular weight excluding hydrogens is 259 g/mol. The van der Waals surface area contributed by atoms with Crippen molar-refractivity contribution >= 4 is 13.1 Å². The van der Waals surface area contributed by atoms with Crippen LogP contribution in [-0.4, -0.2) is 31.3 Å². The summed E-state index contributed by atoms with van der Waals surface area (Å²) in [4.78, 5) is 12.2. The molecule has 2 aliphatic heterocycles. The number of carbonyl (C=O) groups is 1. The highest BCUT2D eigenvalue weighted by Gasteiger charge is 2.55. The minimum absolute atomic E-state index is 0.165. The Morgan fingerprint density at radius 2 is 2.40 bits per heavy atom. The second-order valence-corrected chi connectivity index (χ2v) is 5.49. The molecule has 1 aliphatic carbocycles. The number of ether oxygens (including phenoxy) is 2. The highest BCUT2D eigenvalue weighted by Crippen LogP contribution is 2.61. The van der Waals surface area contributed by atoms with E-state index in [2.05, 4.69) is 6.07 Å². The molecule has 0 radical (unpaired) electrons. The summed E-state index contributed by atoms with van der Waals surface area (Å²) in [6, 6.07) is 2.07. The minimum atomic E-state index is -0.833. The first kappa shape index (κ1) is 12.1. The molecule has 6 heteroatoms.